The van der Waals surface area contributed by atoms with Gasteiger partial charge in [-0.2, -0.15) is 4.98 Å². The molecule has 0 fully saturated rings. The fourth-order valence-electron chi connectivity index (χ4n) is 1.49. The zero-order valence-electron chi connectivity index (χ0n) is 10.5. The van der Waals surface area contributed by atoms with Gasteiger partial charge < -0.3 is 9.84 Å². The predicted octanol–water partition coefficient (Wildman–Crippen LogP) is 1.52. The summed E-state index contributed by atoms with van der Waals surface area (Å²) in [5.41, 5.74) is 2.22. The Balaban J connectivity index is 2.10. The molecule has 0 saturated carbocycles. The van der Waals surface area contributed by atoms with Crippen LogP contribution in [0.15, 0.2) is 28.8 Å². The van der Waals surface area contributed by atoms with Crippen LogP contribution in [0, 0.1) is 6.92 Å². The lowest BCUT2D eigenvalue weighted by Gasteiger charge is -1.99. The molecule has 0 saturated heterocycles. The van der Waals surface area contributed by atoms with Gasteiger partial charge in [0.25, 0.3) is 5.89 Å². The summed E-state index contributed by atoms with van der Waals surface area (Å²) >= 11 is 0. The van der Waals surface area contributed by atoms with E-state index in [-0.39, 0.29) is 0 Å². The van der Waals surface area contributed by atoms with Crippen LogP contribution in [0.2, 0.25) is 0 Å². The van der Waals surface area contributed by atoms with Gasteiger partial charge in [-0.15, -0.1) is 0 Å². The van der Waals surface area contributed by atoms with Gasteiger partial charge in [0, 0.05) is 5.56 Å². The number of aryl methyl sites for hydroxylation is 1. The second-order valence-corrected chi connectivity index (χ2v) is 4.56. The zero-order valence-corrected chi connectivity index (χ0v) is 10.5. The minimum atomic E-state index is 0.532. The Morgan fingerprint density at radius 1 is 1.24 bits per heavy atom. The van der Waals surface area contributed by atoms with Crippen molar-refractivity contribution in [1.29, 1.82) is 0 Å². The molecule has 0 bridgehead atoms. The van der Waals surface area contributed by atoms with Crippen LogP contribution in [0.5, 0.6) is 0 Å². The van der Waals surface area contributed by atoms with Gasteiger partial charge in [0.2, 0.25) is 5.82 Å². The van der Waals surface area contributed by atoms with Crippen LogP contribution in [0.4, 0.5) is 0 Å². The summed E-state index contributed by atoms with van der Waals surface area (Å²) in [6, 6.07) is 8.65. The summed E-state index contributed by atoms with van der Waals surface area (Å²) < 4.78 is 5.21. The van der Waals surface area contributed by atoms with Gasteiger partial charge in [0.15, 0.2) is 6.54 Å². The standard InChI is InChI=1S/C13H17N3O/c1-9(2)14-8-12-15-13(16-17-12)11-6-4-10(3)5-7-11/h4-7,9,14H,8H2,1-3H3/p+1. The minimum absolute atomic E-state index is 0.532. The molecule has 0 unspecified atom stereocenters. The summed E-state index contributed by atoms with van der Waals surface area (Å²) in [6.45, 7) is 7.06. The van der Waals surface area contributed by atoms with E-state index in [1.165, 1.54) is 5.56 Å². The van der Waals surface area contributed by atoms with Crippen molar-refractivity contribution in [3.63, 3.8) is 0 Å². The second kappa shape index (κ2) is 5.10. The Bertz CT molecular complexity index is 474. The highest BCUT2D eigenvalue weighted by atomic mass is 16.5. The topological polar surface area (TPSA) is 55.5 Å². The zero-order chi connectivity index (χ0) is 12.3. The molecule has 1 aromatic heterocycles. The van der Waals surface area contributed by atoms with Crippen molar-refractivity contribution in [1.82, 2.24) is 10.1 Å². The van der Waals surface area contributed by atoms with Gasteiger partial charge in [0.05, 0.1) is 6.04 Å². The first-order valence-electron chi connectivity index (χ1n) is 5.88. The summed E-state index contributed by atoms with van der Waals surface area (Å²) in [4.78, 5) is 4.37. The Morgan fingerprint density at radius 2 is 1.94 bits per heavy atom. The minimum Gasteiger partial charge on any atom is -0.336 e. The Kier molecular flexibility index (Phi) is 3.54. The number of hydrogen-bond donors (Lipinski definition) is 1. The van der Waals surface area contributed by atoms with E-state index in [1.807, 2.05) is 24.3 Å². The number of rotatable bonds is 4. The van der Waals surface area contributed by atoms with E-state index in [0.29, 0.717) is 17.8 Å². The van der Waals surface area contributed by atoms with Crippen molar-refractivity contribution in [2.45, 2.75) is 33.4 Å². The summed E-state index contributed by atoms with van der Waals surface area (Å²) in [6.07, 6.45) is 0. The number of hydrogen-bond acceptors (Lipinski definition) is 3. The van der Waals surface area contributed by atoms with E-state index in [9.17, 15) is 0 Å². The average molecular weight is 232 g/mol. The number of benzene rings is 1. The summed E-state index contributed by atoms with van der Waals surface area (Å²) in [5, 5.41) is 6.15. The normalized spacial score (nSPS) is 11.1. The Labute approximate surface area is 101 Å². The molecule has 0 aliphatic heterocycles. The fourth-order valence-corrected chi connectivity index (χ4v) is 1.49. The quantitative estimate of drug-likeness (QED) is 0.869. The molecule has 17 heavy (non-hydrogen) atoms. The third-order valence-electron chi connectivity index (χ3n) is 2.54. The van der Waals surface area contributed by atoms with Crippen molar-refractivity contribution in [3.8, 4) is 11.4 Å². The van der Waals surface area contributed by atoms with E-state index >= 15 is 0 Å². The van der Waals surface area contributed by atoms with Gasteiger partial charge in [-0.3, -0.25) is 0 Å². The van der Waals surface area contributed by atoms with Crippen LogP contribution >= 0.6 is 0 Å². The first kappa shape index (κ1) is 11.8. The largest absolute Gasteiger partial charge is 0.336 e. The molecule has 1 heterocycles. The lowest BCUT2D eigenvalue weighted by Crippen LogP contribution is -2.86. The molecule has 1 aromatic carbocycles. The van der Waals surface area contributed by atoms with Crippen LogP contribution in [0.1, 0.15) is 25.3 Å². The number of nitrogens with two attached hydrogens (primary N) is 1. The third kappa shape index (κ3) is 3.14. The number of aromatic nitrogens is 2. The van der Waals surface area contributed by atoms with E-state index in [4.69, 9.17) is 4.52 Å². The van der Waals surface area contributed by atoms with Crippen LogP contribution in [-0.2, 0) is 6.54 Å². The molecule has 2 rings (SSSR count). The van der Waals surface area contributed by atoms with Crippen LogP contribution in [0.25, 0.3) is 11.4 Å². The lowest BCUT2D eigenvalue weighted by atomic mass is 10.1. The Hall–Kier alpha value is -1.68. The molecule has 0 aliphatic rings. The molecular weight excluding hydrogens is 214 g/mol. The van der Waals surface area contributed by atoms with E-state index < -0.39 is 0 Å². The molecule has 4 heteroatoms. The molecule has 0 aliphatic carbocycles. The first-order valence-corrected chi connectivity index (χ1v) is 5.88. The summed E-state index contributed by atoms with van der Waals surface area (Å²) in [7, 11) is 0. The van der Waals surface area contributed by atoms with Crippen LogP contribution in [0.3, 0.4) is 0 Å². The van der Waals surface area contributed by atoms with Crippen LogP contribution in [-0.4, -0.2) is 16.2 Å². The maximum atomic E-state index is 5.21. The van der Waals surface area contributed by atoms with Gasteiger partial charge in [-0.25, -0.2) is 0 Å². The van der Waals surface area contributed by atoms with E-state index in [0.717, 1.165) is 12.1 Å². The lowest BCUT2D eigenvalue weighted by molar-refractivity contribution is -0.700. The van der Waals surface area contributed by atoms with Gasteiger partial charge >= 0.3 is 0 Å². The maximum Gasteiger partial charge on any atom is 0.282 e. The molecule has 90 valence electrons. The van der Waals surface area contributed by atoms with Gasteiger partial charge in [0.1, 0.15) is 0 Å². The van der Waals surface area contributed by atoms with E-state index in [1.54, 1.807) is 0 Å². The van der Waals surface area contributed by atoms with Crippen molar-refractivity contribution >= 4 is 0 Å². The maximum absolute atomic E-state index is 5.21. The number of nitrogens with zero attached hydrogens (tertiary/aromatic N) is 2. The Morgan fingerprint density at radius 3 is 2.59 bits per heavy atom. The fraction of sp³-hybridized carbons (Fsp3) is 0.385. The summed E-state index contributed by atoms with van der Waals surface area (Å²) in [5.74, 6) is 1.34. The molecule has 0 spiro atoms. The highest BCUT2D eigenvalue weighted by molar-refractivity contribution is 5.54. The monoisotopic (exact) mass is 232 g/mol. The number of quaternary nitrogens is 1. The van der Waals surface area contributed by atoms with Gasteiger partial charge in [-0.05, 0) is 20.8 Å². The van der Waals surface area contributed by atoms with Crippen molar-refractivity contribution in [3.05, 3.63) is 35.7 Å². The smallest absolute Gasteiger partial charge is 0.282 e. The SMILES string of the molecule is Cc1ccc(-c2noc(C[NH2+]C(C)C)n2)cc1. The molecule has 0 atom stereocenters. The average Bonchev–Trinajstić information content (AvgIpc) is 2.76. The van der Waals surface area contributed by atoms with E-state index in [2.05, 4.69) is 36.2 Å². The van der Waals surface area contributed by atoms with Gasteiger partial charge in [-0.1, -0.05) is 35.0 Å². The molecule has 4 nitrogen and oxygen atoms in total. The third-order valence-corrected chi connectivity index (χ3v) is 2.54. The highest BCUT2D eigenvalue weighted by Crippen LogP contribution is 2.15. The molecular formula is C13H18N3O+. The first-order chi connectivity index (χ1) is 8.15. The molecule has 0 amide bonds. The van der Waals surface area contributed by atoms with Crippen LogP contribution < -0.4 is 5.32 Å². The molecule has 2 N–H and O–H groups in total. The predicted molar refractivity (Wildman–Crippen MR) is 65.2 cm³/mol. The van der Waals surface area contributed by atoms with Crippen molar-refractivity contribution in [2.75, 3.05) is 0 Å². The molecule has 0 radical (unpaired) electrons. The van der Waals surface area contributed by atoms with Crippen molar-refractivity contribution < 1.29 is 9.84 Å². The van der Waals surface area contributed by atoms with Crippen molar-refractivity contribution in [2.24, 2.45) is 0 Å². The second-order valence-electron chi connectivity index (χ2n) is 4.56. The highest BCUT2D eigenvalue weighted by Gasteiger charge is 2.10. The molecule has 2 aromatic rings.